The van der Waals surface area contributed by atoms with Gasteiger partial charge in [-0.25, -0.2) is 0 Å². The van der Waals surface area contributed by atoms with Gasteiger partial charge in [0.1, 0.15) is 13.2 Å². The fourth-order valence-electron chi connectivity index (χ4n) is 7.23. The molecular formula is C57H98O6. The first kappa shape index (κ1) is 59.9. The molecule has 0 aliphatic heterocycles. The Morgan fingerprint density at radius 3 is 1.00 bits per heavy atom. The highest BCUT2D eigenvalue weighted by atomic mass is 16.6. The van der Waals surface area contributed by atoms with E-state index in [9.17, 15) is 14.4 Å². The number of rotatable bonds is 47. The third kappa shape index (κ3) is 49.7. The van der Waals surface area contributed by atoms with Crippen molar-refractivity contribution >= 4 is 17.9 Å². The van der Waals surface area contributed by atoms with Crippen molar-refractivity contribution in [3.8, 4) is 0 Å². The van der Waals surface area contributed by atoms with Crippen molar-refractivity contribution in [1.82, 2.24) is 0 Å². The first-order valence-electron chi connectivity index (χ1n) is 26.4. The summed E-state index contributed by atoms with van der Waals surface area (Å²) >= 11 is 0. The molecule has 0 saturated heterocycles. The molecule has 0 radical (unpaired) electrons. The van der Waals surface area contributed by atoms with Crippen LogP contribution in [0.3, 0.4) is 0 Å². The van der Waals surface area contributed by atoms with Crippen LogP contribution in [0.5, 0.6) is 0 Å². The summed E-state index contributed by atoms with van der Waals surface area (Å²) < 4.78 is 16.8. The molecule has 0 fully saturated rings. The van der Waals surface area contributed by atoms with Gasteiger partial charge >= 0.3 is 17.9 Å². The second-order valence-electron chi connectivity index (χ2n) is 17.4. The van der Waals surface area contributed by atoms with Crippen molar-refractivity contribution in [2.45, 2.75) is 258 Å². The van der Waals surface area contributed by atoms with Crippen molar-refractivity contribution in [1.29, 1.82) is 0 Å². The number of ether oxygens (including phenoxy) is 3. The molecule has 63 heavy (non-hydrogen) atoms. The molecule has 0 aliphatic rings. The summed E-state index contributed by atoms with van der Waals surface area (Å²) in [5.41, 5.74) is 0. The topological polar surface area (TPSA) is 78.9 Å². The summed E-state index contributed by atoms with van der Waals surface area (Å²) in [6, 6.07) is 0. The lowest BCUT2D eigenvalue weighted by Crippen LogP contribution is -2.30. The van der Waals surface area contributed by atoms with Gasteiger partial charge in [-0.3, -0.25) is 14.4 Å². The van der Waals surface area contributed by atoms with E-state index in [0.717, 1.165) is 122 Å². The number of carbonyl (C=O) groups excluding carboxylic acids is 3. The number of allylic oxidation sites excluding steroid dienone is 12. The first-order chi connectivity index (χ1) is 31.0. The van der Waals surface area contributed by atoms with E-state index >= 15 is 0 Å². The molecule has 0 aromatic carbocycles. The third-order valence-corrected chi connectivity index (χ3v) is 11.2. The highest BCUT2D eigenvalue weighted by Gasteiger charge is 2.19. The minimum atomic E-state index is -0.792. The molecule has 0 rings (SSSR count). The van der Waals surface area contributed by atoms with Crippen LogP contribution >= 0.6 is 0 Å². The Morgan fingerprint density at radius 1 is 0.333 bits per heavy atom. The molecule has 0 amide bonds. The monoisotopic (exact) mass is 879 g/mol. The van der Waals surface area contributed by atoms with Gasteiger partial charge in [-0.2, -0.15) is 0 Å². The molecular weight excluding hydrogens is 781 g/mol. The van der Waals surface area contributed by atoms with E-state index in [1.54, 1.807) is 0 Å². The molecule has 0 bridgehead atoms. The predicted octanol–water partition coefficient (Wildman–Crippen LogP) is 17.4. The minimum absolute atomic E-state index is 0.0884. The molecule has 0 aromatic heterocycles. The largest absolute Gasteiger partial charge is 0.462 e. The van der Waals surface area contributed by atoms with E-state index in [-0.39, 0.29) is 31.1 Å². The summed E-state index contributed by atoms with van der Waals surface area (Å²) in [6.07, 6.45) is 64.5. The molecule has 6 heteroatoms. The zero-order valence-corrected chi connectivity index (χ0v) is 41.3. The third-order valence-electron chi connectivity index (χ3n) is 11.2. The average Bonchev–Trinajstić information content (AvgIpc) is 3.28. The van der Waals surface area contributed by atoms with E-state index in [4.69, 9.17) is 14.2 Å². The van der Waals surface area contributed by atoms with Crippen molar-refractivity contribution in [2.24, 2.45) is 0 Å². The Bertz CT molecular complexity index is 1190. The van der Waals surface area contributed by atoms with E-state index in [1.165, 1.54) is 89.9 Å². The maximum Gasteiger partial charge on any atom is 0.306 e. The van der Waals surface area contributed by atoms with Gasteiger partial charge < -0.3 is 14.2 Å². The van der Waals surface area contributed by atoms with Gasteiger partial charge in [0.2, 0.25) is 0 Å². The van der Waals surface area contributed by atoms with Crippen LogP contribution in [0.4, 0.5) is 0 Å². The smallest absolute Gasteiger partial charge is 0.306 e. The van der Waals surface area contributed by atoms with E-state index in [1.807, 2.05) is 0 Å². The van der Waals surface area contributed by atoms with Crippen molar-refractivity contribution < 1.29 is 28.6 Å². The SMILES string of the molecule is CC/C=C\C/C=C\C/C=C\C/C=C\CCCCCCC(=O)O[C@H](COC(=O)CCCCCCC/C=C\C/C=C\CCCCC)COC(=O)CCCCCCCCCCCCCCC. The lowest BCUT2D eigenvalue weighted by Gasteiger charge is -2.18. The maximum atomic E-state index is 12.8. The van der Waals surface area contributed by atoms with Crippen LogP contribution < -0.4 is 0 Å². The molecule has 1 atom stereocenters. The Hall–Kier alpha value is -3.15. The van der Waals surface area contributed by atoms with Crippen LogP contribution in [0, 0.1) is 0 Å². The van der Waals surface area contributed by atoms with Crippen LogP contribution in [0.1, 0.15) is 252 Å². The summed E-state index contributed by atoms with van der Waals surface area (Å²) in [7, 11) is 0. The Balaban J connectivity index is 4.45. The van der Waals surface area contributed by atoms with Crippen LogP contribution in [-0.2, 0) is 28.6 Å². The van der Waals surface area contributed by atoms with Gasteiger partial charge in [-0.05, 0) is 89.9 Å². The van der Waals surface area contributed by atoms with Crippen LogP contribution in [0.25, 0.3) is 0 Å². The zero-order valence-electron chi connectivity index (χ0n) is 41.3. The van der Waals surface area contributed by atoms with Crippen LogP contribution in [0.2, 0.25) is 0 Å². The van der Waals surface area contributed by atoms with E-state index < -0.39 is 6.10 Å². The highest BCUT2D eigenvalue weighted by Crippen LogP contribution is 2.15. The van der Waals surface area contributed by atoms with Crippen molar-refractivity contribution in [3.05, 3.63) is 72.9 Å². The van der Waals surface area contributed by atoms with Crippen molar-refractivity contribution in [3.63, 3.8) is 0 Å². The van der Waals surface area contributed by atoms with Gasteiger partial charge in [0.25, 0.3) is 0 Å². The molecule has 0 N–H and O–H groups in total. The van der Waals surface area contributed by atoms with Gasteiger partial charge in [0, 0.05) is 19.3 Å². The summed E-state index contributed by atoms with van der Waals surface area (Å²) in [5, 5.41) is 0. The lowest BCUT2D eigenvalue weighted by atomic mass is 10.0. The summed E-state index contributed by atoms with van der Waals surface area (Å²) in [6.45, 7) is 6.47. The first-order valence-corrected chi connectivity index (χ1v) is 26.4. The number of unbranched alkanes of at least 4 members (excludes halogenated alkanes) is 24. The van der Waals surface area contributed by atoms with Gasteiger partial charge in [0.15, 0.2) is 6.10 Å². The Labute approximate surface area is 389 Å². The molecule has 0 aliphatic carbocycles. The predicted molar refractivity (Wildman–Crippen MR) is 270 cm³/mol. The number of hydrogen-bond acceptors (Lipinski definition) is 6. The molecule has 0 heterocycles. The molecule has 0 saturated carbocycles. The van der Waals surface area contributed by atoms with Gasteiger partial charge in [0.05, 0.1) is 0 Å². The van der Waals surface area contributed by atoms with E-state index in [0.29, 0.717) is 19.3 Å². The van der Waals surface area contributed by atoms with Crippen LogP contribution in [-0.4, -0.2) is 37.2 Å². The lowest BCUT2D eigenvalue weighted by molar-refractivity contribution is -0.167. The molecule has 362 valence electrons. The van der Waals surface area contributed by atoms with E-state index in [2.05, 4.69) is 93.7 Å². The fraction of sp³-hybridized carbons (Fsp3) is 0.737. The molecule has 0 spiro atoms. The quantitative estimate of drug-likeness (QED) is 0.0262. The standard InChI is InChI=1S/C57H98O6/c1-4-7-10-13-16-19-22-25-27-28-30-33-36-39-42-45-48-51-57(60)63-54(52-61-55(58)49-46-43-40-37-34-31-24-21-18-15-12-9-6-3)53-62-56(59)50-47-44-41-38-35-32-29-26-23-20-17-14-11-8-5-2/h7,10,16-17,19-20,25-27,29-30,33,54H,4-6,8-9,11-15,18,21-24,28,31-32,34-53H2,1-3H3/b10-7-,19-16-,20-17-,27-25-,29-26-,33-30-/t54-/m0/s1. The molecule has 0 aromatic rings. The van der Waals surface area contributed by atoms with Gasteiger partial charge in [-0.15, -0.1) is 0 Å². The summed E-state index contributed by atoms with van der Waals surface area (Å²) in [5.74, 6) is -0.923. The average molecular weight is 879 g/mol. The Morgan fingerprint density at radius 2 is 0.619 bits per heavy atom. The number of hydrogen-bond donors (Lipinski definition) is 0. The Kier molecular flexibility index (Phi) is 48.9. The zero-order chi connectivity index (χ0) is 45.8. The van der Waals surface area contributed by atoms with Crippen LogP contribution in [0.15, 0.2) is 72.9 Å². The molecule has 6 nitrogen and oxygen atoms in total. The highest BCUT2D eigenvalue weighted by molar-refractivity contribution is 5.71. The fourth-order valence-corrected chi connectivity index (χ4v) is 7.23. The number of carbonyl (C=O) groups is 3. The molecule has 0 unspecified atom stereocenters. The second kappa shape index (κ2) is 51.5. The second-order valence-corrected chi connectivity index (χ2v) is 17.4. The van der Waals surface area contributed by atoms with Gasteiger partial charge in [-0.1, -0.05) is 216 Å². The maximum absolute atomic E-state index is 12.8. The van der Waals surface area contributed by atoms with Crippen molar-refractivity contribution in [2.75, 3.05) is 13.2 Å². The number of esters is 3. The minimum Gasteiger partial charge on any atom is -0.462 e. The normalized spacial score (nSPS) is 12.6. The summed E-state index contributed by atoms with van der Waals surface area (Å²) in [4.78, 5) is 38.0.